The number of benzene rings is 1. The molecule has 0 fully saturated rings. The highest BCUT2D eigenvalue weighted by molar-refractivity contribution is 5.77. The van der Waals surface area contributed by atoms with Gasteiger partial charge in [-0.2, -0.15) is 0 Å². The number of aromatic nitrogens is 3. The number of hydrogen-bond donors (Lipinski definition) is 1. The van der Waals surface area contributed by atoms with Gasteiger partial charge >= 0.3 is 0 Å². The molecule has 1 N–H and O–H groups in total. The number of hydrogen-bond acceptors (Lipinski definition) is 3. The van der Waals surface area contributed by atoms with Crippen molar-refractivity contribution in [2.24, 2.45) is 0 Å². The molecule has 2 aromatic heterocycles. The molecule has 0 spiro atoms. The predicted molar refractivity (Wildman–Crippen MR) is 69.5 cm³/mol. The first-order chi connectivity index (χ1) is 8.75. The molecule has 0 saturated carbocycles. The van der Waals surface area contributed by atoms with Crippen molar-refractivity contribution in [1.82, 2.24) is 14.5 Å². The lowest BCUT2D eigenvalue weighted by atomic mass is 10.2. The third-order valence-corrected chi connectivity index (χ3v) is 2.93. The normalized spacial score (nSPS) is 12.8. The van der Waals surface area contributed by atoms with Crippen LogP contribution in [0.1, 0.15) is 18.7 Å². The Kier molecular flexibility index (Phi) is 2.57. The minimum Gasteiger partial charge on any atom is -0.387 e. The fraction of sp³-hybridized carbons (Fsp3) is 0.143. The van der Waals surface area contributed by atoms with E-state index in [1.54, 1.807) is 19.4 Å². The van der Waals surface area contributed by atoms with Gasteiger partial charge < -0.3 is 5.11 Å². The molecule has 0 radical (unpaired) electrons. The van der Waals surface area contributed by atoms with E-state index in [1.807, 2.05) is 41.0 Å². The van der Waals surface area contributed by atoms with Gasteiger partial charge in [0.15, 0.2) is 0 Å². The third kappa shape index (κ3) is 1.76. The van der Waals surface area contributed by atoms with Crippen LogP contribution in [0.4, 0.5) is 0 Å². The monoisotopic (exact) mass is 239 g/mol. The average molecular weight is 239 g/mol. The lowest BCUT2D eigenvalue weighted by molar-refractivity contribution is 0.194. The Bertz CT molecular complexity index is 671. The molecule has 3 aromatic rings. The highest BCUT2D eigenvalue weighted by atomic mass is 16.3. The van der Waals surface area contributed by atoms with Crippen LogP contribution in [-0.2, 0) is 0 Å². The Labute approximate surface area is 105 Å². The molecule has 1 atom stereocenters. The summed E-state index contributed by atoms with van der Waals surface area (Å²) in [6.45, 7) is 1.70. The molecule has 0 aliphatic rings. The molecule has 2 heterocycles. The first-order valence-corrected chi connectivity index (χ1v) is 5.82. The molecule has 0 bridgehead atoms. The average Bonchev–Trinajstić information content (AvgIpc) is 2.82. The molecule has 1 aromatic carbocycles. The van der Waals surface area contributed by atoms with Crippen LogP contribution in [-0.4, -0.2) is 19.6 Å². The molecular weight excluding hydrogens is 226 g/mol. The molecular formula is C14H13N3O. The molecule has 90 valence electrons. The number of para-hydroxylation sites is 2. The smallest absolute Gasteiger partial charge is 0.100 e. The SMILES string of the molecule is C[C@H](O)c1ccc(-n2cnc3ccccc32)cn1. The zero-order chi connectivity index (χ0) is 12.5. The lowest BCUT2D eigenvalue weighted by Gasteiger charge is -2.06. The van der Waals surface area contributed by atoms with Crippen LogP contribution in [0, 0.1) is 0 Å². The fourth-order valence-electron chi connectivity index (χ4n) is 1.95. The number of rotatable bonds is 2. The molecule has 18 heavy (non-hydrogen) atoms. The van der Waals surface area contributed by atoms with Crippen LogP contribution in [0.3, 0.4) is 0 Å². The van der Waals surface area contributed by atoms with Crippen molar-refractivity contribution in [3.63, 3.8) is 0 Å². The second-order valence-corrected chi connectivity index (χ2v) is 4.22. The summed E-state index contributed by atoms with van der Waals surface area (Å²) < 4.78 is 1.98. The molecule has 0 amide bonds. The topological polar surface area (TPSA) is 50.9 Å². The Hall–Kier alpha value is -2.20. The maximum atomic E-state index is 9.44. The highest BCUT2D eigenvalue weighted by Crippen LogP contribution is 2.18. The first kappa shape index (κ1) is 10.9. The lowest BCUT2D eigenvalue weighted by Crippen LogP contribution is -1.98. The summed E-state index contributed by atoms with van der Waals surface area (Å²) in [7, 11) is 0. The van der Waals surface area contributed by atoms with E-state index in [2.05, 4.69) is 9.97 Å². The second-order valence-electron chi connectivity index (χ2n) is 4.22. The third-order valence-electron chi connectivity index (χ3n) is 2.93. The number of fused-ring (bicyclic) bond motifs is 1. The summed E-state index contributed by atoms with van der Waals surface area (Å²) in [5.74, 6) is 0. The maximum absolute atomic E-state index is 9.44. The van der Waals surface area contributed by atoms with E-state index in [0.717, 1.165) is 16.7 Å². The molecule has 0 aliphatic heterocycles. The van der Waals surface area contributed by atoms with Gasteiger partial charge in [0.2, 0.25) is 0 Å². The number of nitrogens with zero attached hydrogens (tertiary/aromatic N) is 3. The van der Waals surface area contributed by atoms with E-state index >= 15 is 0 Å². The van der Waals surface area contributed by atoms with Gasteiger partial charge in [-0.05, 0) is 31.2 Å². The minimum atomic E-state index is -0.543. The minimum absolute atomic E-state index is 0.543. The van der Waals surface area contributed by atoms with Crippen molar-refractivity contribution in [2.45, 2.75) is 13.0 Å². The number of aliphatic hydroxyl groups excluding tert-OH is 1. The van der Waals surface area contributed by atoms with E-state index < -0.39 is 6.10 Å². The van der Waals surface area contributed by atoms with Crippen molar-refractivity contribution in [3.8, 4) is 5.69 Å². The van der Waals surface area contributed by atoms with Crippen molar-refractivity contribution >= 4 is 11.0 Å². The Morgan fingerprint density at radius 3 is 2.67 bits per heavy atom. The van der Waals surface area contributed by atoms with Gasteiger partial charge in [-0.3, -0.25) is 9.55 Å². The summed E-state index contributed by atoms with van der Waals surface area (Å²) >= 11 is 0. The van der Waals surface area contributed by atoms with Crippen molar-refractivity contribution in [2.75, 3.05) is 0 Å². The predicted octanol–water partition coefficient (Wildman–Crippen LogP) is 2.47. The molecule has 0 saturated heterocycles. The Balaban J connectivity index is 2.09. The van der Waals surface area contributed by atoms with E-state index in [-0.39, 0.29) is 0 Å². The van der Waals surface area contributed by atoms with Crippen molar-refractivity contribution < 1.29 is 5.11 Å². The number of aliphatic hydroxyl groups is 1. The van der Waals surface area contributed by atoms with Crippen molar-refractivity contribution in [3.05, 3.63) is 54.6 Å². The zero-order valence-electron chi connectivity index (χ0n) is 9.99. The van der Waals surface area contributed by atoms with Gasteiger partial charge in [-0.25, -0.2) is 4.98 Å². The van der Waals surface area contributed by atoms with E-state index in [9.17, 15) is 5.11 Å². The maximum Gasteiger partial charge on any atom is 0.100 e. The summed E-state index contributed by atoms with van der Waals surface area (Å²) in [5.41, 5.74) is 3.61. The Morgan fingerprint density at radius 2 is 1.94 bits per heavy atom. The largest absolute Gasteiger partial charge is 0.387 e. The van der Waals surface area contributed by atoms with E-state index in [4.69, 9.17) is 0 Å². The quantitative estimate of drug-likeness (QED) is 0.747. The van der Waals surface area contributed by atoms with Crippen molar-refractivity contribution in [1.29, 1.82) is 0 Å². The summed E-state index contributed by atoms with van der Waals surface area (Å²) in [4.78, 5) is 8.58. The van der Waals surface area contributed by atoms with Gasteiger partial charge in [0.25, 0.3) is 0 Å². The van der Waals surface area contributed by atoms with Crippen LogP contribution in [0.5, 0.6) is 0 Å². The summed E-state index contributed by atoms with van der Waals surface area (Å²) in [5, 5.41) is 9.44. The number of pyridine rings is 1. The van der Waals surface area contributed by atoms with Crippen LogP contribution >= 0.6 is 0 Å². The van der Waals surface area contributed by atoms with Crippen LogP contribution in [0.2, 0.25) is 0 Å². The van der Waals surface area contributed by atoms with Crippen LogP contribution < -0.4 is 0 Å². The second kappa shape index (κ2) is 4.23. The molecule has 0 unspecified atom stereocenters. The van der Waals surface area contributed by atoms with Gasteiger partial charge in [0.05, 0.1) is 34.7 Å². The van der Waals surface area contributed by atoms with Gasteiger partial charge in [0, 0.05) is 0 Å². The zero-order valence-corrected chi connectivity index (χ0v) is 9.99. The molecule has 4 heteroatoms. The van der Waals surface area contributed by atoms with E-state index in [0.29, 0.717) is 5.69 Å². The van der Waals surface area contributed by atoms with Gasteiger partial charge in [-0.15, -0.1) is 0 Å². The standard InChI is InChI=1S/C14H13N3O/c1-10(18)12-7-6-11(8-15-12)17-9-16-13-4-2-3-5-14(13)17/h2-10,18H,1H3/t10-/m0/s1. The van der Waals surface area contributed by atoms with Gasteiger partial charge in [0.1, 0.15) is 6.33 Å². The number of imidazole rings is 1. The Morgan fingerprint density at radius 1 is 1.11 bits per heavy atom. The first-order valence-electron chi connectivity index (χ1n) is 5.82. The van der Waals surface area contributed by atoms with Crippen LogP contribution in [0.15, 0.2) is 48.9 Å². The van der Waals surface area contributed by atoms with E-state index in [1.165, 1.54) is 0 Å². The fourth-order valence-corrected chi connectivity index (χ4v) is 1.95. The molecule has 3 rings (SSSR count). The summed E-state index contributed by atoms with van der Waals surface area (Å²) in [6, 6.07) is 11.7. The van der Waals surface area contributed by atoms with Crippen LogP contribution in [0.25, 0.3) is 16.7 Å². The van der Waals surface area contributed by atoms with Gasteiger partial charge in [-0.1, -0.05) is 12.1 Å². The highest BCUT2D eigenvalue weighted by Gasteiger charge is 2.06. The molecule has 4 nitrogen and oxygen atoms in total. The molecule has 0 aliphatic carbocycles. The summed E-state index contributed by atoms with van der Waals surface area (Å²) in [6.07, 6.45) is 2.98.